The van der Waals surface area contributed by atoms with Gasteiger partial charge in [0.2, 0.25) is 0 Å². The van der Waals surface area contributed by atoms with Crippen LogP contribution in [-0.4, -0.2) is 40.6 Å². The van der Waals surface area contributed by atoms with E-state index in [9.17, 15) is 9.59 Å². The molecule has 1 atom stereocenters. The van der Waals surface area contributed by atoms with Crippen molar-refractivity contribution in [3.05, 3.63) is 0 Å². The number of aliphatic carboxylic acids is 1. The lowest BCUT2D eigenvalue weighted by Crippen LogP contribution is -2.54. The number of urea groups is 1. The van der Waals surface area contributed by atoms with E-state index >= 15 is 0 Å². The van der Waals surface area contributed by atoms with Crippen molar-refractivity contribution in [1.29, 1.82) is 0 Å². The Bertz CT molecular complexity index is 360. The van der Waals surface area contributed by atoms with Gasteiger partial charge in [0.15, 0.2) is 0 Å². The maximum Gasteiger partial charge on any atom is 0.317 e. The predicted molar refractivity (Wildman–Crippen MR) is 71.9 cm³/mol. The van der Waals surface area contributed by atoms with E-state index in [1.807, 2.05) is 7.05 Å². The zero-order chi connectivity index (χ0) is 14.0. The first kappa shape index (κ1) is 14.2. The van der Waals surface area contributed by atoms with Crippen LogP contribution >= 0.6 is 0 Å². The van der Waals surface area contributed by atoms with Crippen LogP contribution in [0.1, 0.15) is 51.9 Å². The highest BCUT2D eigenvalue weighted by Gasteiger charge is 2.39. The van der Waals surface area contributed by atoms with Crippen molar-refractivity contribution >= 4 is 12.0 Å². The van der Waals surface area contributed by atoms with Gasteiger partial charge in [-0.3, -0.25) is 4.79 Å². The number of hydrogen-bond donors (Lipinski definition) is 2. The SMILES string of the molecule is CC(C1CC1)N(C)C(=O)NC1(CC(=O)O)CCCC1. The molecule has 0 aromatic carbocycles. The second-order valence-electron chi connectivity index (χ2n) is 6.18. The van der Waals surface area contributed by atoms with Crippen molar-refractivity contribution in [2.24, 2.45) is 5.92 Å². The minimum Gasteiger partial charge on any atom is -0.481 e. The summed E-state index contributed by atoms with van der Waals surface area (Å²) in [7, 11) is 1.81. The van der Waals surface area contributed by atoms with Crippen molar-refractivity contribution in [2.75, 3.05) is 7.05 Å². The van der Waals surface area contributed by atoms with E-state index in [1.165, 1.54) is 12.8 Å². The quantitative estimate of drug-likeness (QED) is 0.803. The Balaban J connectivity index is 1.96. The Morgan fingerprint density at radius 1 is 1.37 bits per heavy atom. The number of nitrogens with zero attached hydrogens (tertiary/aromatic N) is 1. The van der Waals surface area contributed by atoms with Crippen LogP contribution in [0, 0.1) is 5.92 Å². The first-order valence-corrected chi connectivity index (χ1v) is 7.20. The smallest absolute Gasteiger partial charge is 0.317 e. The summed E-state index contributed by atoms with van der Waals surface area (Å²) in [5.41, 5.74) is -0.527. The Morgan fingerprint density at radius 3 is 2.42 bits per heavy atom. The van der Waals surface area contributed by atoms with Gasteiger partial charge in [-0.2, -0.15) is 0 Å². The fraction of sp³-hybridized carbons (Fsp3) is 0.857. The number of amides is 2. The molecular formula is C14H24N2O3. The molecule has 0 aliphatic heterocycles. The number of rotatable bonds is 5. The molecule has 0 radical (unpaired) electrons. The molecule has 2 amide bonds. The summed E-state index contributed by atoms with van der Waals surface area (Å²) >= 11 is 0. The van der Waals surface area contributed by atoms with Crippen molar-refractivity contribution in [1.82, 2.24) is 10.2 Å². The fourth-order valence-corrected chi connectivity index (χ4v) is 3.08. The first-order chi connectivity index (χ1) is 8.93. The fourth-order valence-electron chi connectivity index (χ4n) is 3.08. The van der Waals surface area contributed by atoms with E-state index in [4.69, 9.17) is 5.11 Å². The molecule has 0 spiro atoms. The second kappa shape index (κ2) is 5.39. The summed E-state index contributed by atoms with van der Waals surface area (Å²) in [6.07, 6.45) is 5.96. The van der Waals surface area contributed by atoms with Crippen molar-refractivity contribution in [3.8, 4) is 0 Å². The number of hydrogen-bond acceptors (Lipinski definition) is 2. The standard InChI is InChI=1S/C14H24N2O3/c1-10(11-5-6-11)16(2)13(19)15-14(9-12(17)18)7-3-4-8-14/h10-11H,3-9H2,1-2H3,(H,15,19)(H,17,18). The minimum absolute atomic E-state index is 0.0321. The van der Waals surface area contributed by atoms with Crippen LogP contribution in [0.15, 0.2) is 0 Å². The Hall–Kier alpha value is -1.26. The largest absolute Gasteiger partial charge is 0.481 e. The van der Waals surface area contributed by atoms with E-state index in [2.05, 4.69) is 12.2 Å². The van der Waals surface area contributed by atoms with Crippen molar-refractivity contribution < 1.29 is 14.7 Å². The van der Waals surface area contributed by atoms with E-state index in [0.717, 1.165) is 25.7 Å². The summed E-state index contributed by atoms with van der Waals surface area (Å²) in [5.74, 6) is -0.213. The maximum absolute atomic E-state index is 12.3. The van der Waals surface area contributed by atoms with Crippen molar-refractivity contribution in [2.45, 2.75) is 63.5 Å². The topological polar surface area (TPSA) is 69.6 Å². The van der Waals surface area contributed by atoms with Gasteiger partial charge in [0.05, 0.1) is 12.0 Å². The average Bonchev–Trinajstić information content (AvgIpc) is 3.09. The summed E-state index contributed by atoms with van der Waals surface area (Å²) in [4.78, 5) is 25.0. The average molecular weight is 268 g/mol. The molecule has 2 rings (SSSR count). The van der Waals surface area contributed by atoms with Gasteiger partial charge in [-0.05, 0) is 38.5 Å². The zero-order valence-corrected chi connectivity index (χ0v) is 11.8. The second-order valence-corrected chi connectivity index (χ2v) is 6.18. The van der Waals surface area contributed by atoms with Crippen LogP contribution in [0.5, 0.6) is 0 Å². The summed E-state index contributed by atoms with van der Waals surface area (Å²) in [5, 5.41) is 12.0. The molecule has 1 unspecified atom stereocenters. The molecule has 2 saturated carbocycles. The third-order valence-corrected chi connectivity index (χ3v) is 4.66. The normalized spacial score (nSPS) is 22.8. The van der Waals surface area contributed by atoms with Crippen LogP contribution < -0.4 is 5.32 Å². The molecule has 2 aliphatic rings. The highest BCUT2D eigenvalue weighted by molar-refractivity contribution is 5.77. The minimum atomic E-state index is -0.833. The lowest BCUT2D eigenvalue weighted by molar-refractivity contribution is -0.138. The zero-order valence-electron chi connectivity index (χ0n) is 11.8. The van der Waals surface area contributed by atoms with Gasteiger partial charge in [0.1, 0.15) is 0 Å². The molecular weight excluding hydrogens is 244 g/mol. The van der Waals surface area contributed by atoms with Crippen LogP contribution in [-0.2, 0) is 4.79 Å². The van der Waals surface area contributed by atoms with Gasteiger partial charge in [-0.25, -0.2) is 4.79 Å². The highest BCUT2D eigenvalue weighted by atomic mass is 16.4. The van der Waals surface area contributed by atoms with Gasteiger partial charge in [-0.15, -0.1) is 0 Å². The van der Waals surface area contributed by atoms with E-state index in [-0.39, 0.29) is 18.5 Å². The molecule has 0 aromatic rings. The molecule has 0 saturated heterocycles. The third kappa shape index (κ3) is 3.39. The van der Waals surface area contributed by atoms with Gasteiger partial charge >= 0.3 is 12.0 Å². The number of carboxylic acids is 1. The third-order valence-electron chi connectivity index (χ3n) is 4.66. The molecule has 19 heavy (non-hydrogen) atoms. The van der Waals surface area contributed by atoms with Crippen LogP contribution in [0.25, 0.3) is 0 Å². The predicted octanol–water partition coefficient (Wildman–Crippen LogP) is 2.21. The Morgan fingerprint density at radius 2 is 1.95 bits per heavy atom. The molecule has 5 heteroatoms. The Labute approximate surface area is 114 Å². The highest BCUT2D eigenvalue weighted by Crippen LogP contribution is 2.36. The number of nitrogens with one attached hydrogen (secondary N) is 1. The molecule has 0 heterocycles. The summed E-state index contributed by atoms with van der Waals surface area (Å²) in [6.45, 7) is 2.07. The van der Waals surface area contributed by atoms with Gasteiger partial charge in [0.25, 0.3) is 0 Å². The first-order valence-electron chi connectivity index (χ1n) is 7.20. The van der Waals surface area contributed by atoms with Gasteiger partial charge in [-0.1, -0.05) is 12.8 Å². The molecule has 108 valence electrons. The lowest BCUT2D eigenvalue weighted by Gasteiger charge is -2.33. The maximum atomic E-state index is 12.3. The van der Waals surface area contributed by atoms with Crippen LogP contribution in [0.3, 0.4) is 0 Å². The van der Waals surface area contributed by atoms with E-state index < -0.39 is 11.5 Å². The molecule has 2 aliphatic carbocycles. The number of carbonyl (C=O) groups is 2. The molecule has 2 fully saturated rings. The lowest BCUT2D eigenvalue weighted by atomic mass is 9.93. The molecule has 0 aromatic heterocycles. The van der Waals surface area contributed by atoms with Crippen LogP contribution in [0.2, 0.25) is 0 Å². The van der Waals surface area contributed by atoms with Gasteiger partial charge in [0, 0.05) is 13.1 Å². The summed E-state index contributed by atoms with van der Waals surface area (Å²) in [6, 6.07) is 0.117. The van der Waals surface area contributed by atoms with E-state index in [1.54, 1.807) is 4.90 Å². The molecule has 0 bridgehead atoms. The molecule has 5 nitrogen and oxygen atoms in total. The number of carboxylic acid groups (broad SMARTS) is 1. The summed E-state index contributed by atoms with van der Waals surface area (Å²) < 4.78 is 0. The van der Waals surface area contributed by atoms with Crippen LogP contribution in [0.4, 0.5) is 4.79 Å². The molecule has 2 N–H and O–H groups in total. The number of carbonyl (C=O) groups excluding carboxylic acids is 1. The monoisotopic (exact) mass is 268 g/mol. The van der Waals surface area contributed by atoms with Crippen molar-refractivity contribution in [3.63, 3.8) is 0 Å². The van der Waals surface area contributed by atoms with E-state index in [0.29, 0.717) is 5.92 Å². The van der Waals surface area contributed by atoms with Gasteiger partial charge < -0.3 is 15.3 Å². The Kier molecular flexibility index (Phi) is 4.02.